The Morgan fingerprint density at radius 2 is 1.52 bits per heavy atom. The van der Waals surface area contributed by atoms with Gasteiger partial charge in [-0.25, -0.2) is 0 Å². The van der Waals surface area contributed by atoms with E-state index in [0.717, 1.165) is 22.5 Å². The van der Waals surface area contributed by atoms with Crippen LogP contribution in [0.4, 0.5) is 11.4 Å². The van der Waals surface area contributed by atoms with Crippen molar-refractivity contribution in [3.05, 3.63) is 59.2 Å². The van der Waals surface area contributed by atoms with Crippen LogP contribution in [0.2, 0.25) is 0 Å². The maximum atomic E-state index is 12.7. The van der Waals surface area contributed by atoms with Gasteiger partial charge in [-0.3, -0.25) is 14.5 Å². The van der Waals surface area contributed by atoms with Crippen molar-refractivity contribution in [2.24, 2.45) is 0 Å². The quantitative estimate of drug-likeness (QED) is 0.847. The van der Waals surface area contributed by atoms with Gasteiger partial charge in [0.05, 0.1) is 6.54 Å². The Labute approximate surface area is 173 Å². The summed E-state index contributed by atoms with van der Waals surface area (Å²) in [7, 11) is 3.96. The van der Waals surface area contributed by atoms with E-state index in [1.165, 1.54) is 0 Å². The molecule has 6 nitrogen and oxygen atoms in total. The summed E-state index contributed by atoms with van der Waals surface area (Å²) in [5.41, 5.74) is 4.80. The molecule has 2 amide bonds. The minimum Gasteiger partial charge on any atom is -0.378 e. The third-order valence-electron chi connectivity index (χ3n) is 5.40. The van der Waals surface area contributed by atoms with Gasteiger partial charge in [-0.05, 0) is 49.2 Å². The van der Waals surface area contributed by atoms with E-state index < -0.39 is 0 Å². The van der Waals surface area contributed by atoms with Gasteiger partial charge in [0.15, 0.2) is 0 Å². The first-order valence-electron chi connectivity index (χ1n) is 10.00. The van der Waals surface area contributed by atoms with Gasteiger partial charge in [0.25, 0.3) is 5.91 Å². The fraction of sp³-hybridized carbons (Fsp3) is 0.391. The molecular formula is C23H30N4O2. The van der Waals surface area contributed by atoms with Crippen molar-refractivity contribution in [3.8, 4) is 0 Å². The van der Waals surface area contributed by atoms with Gasteiger partial charge >= 0.3 is 0 Å². The molecule has 1 heterocycles. The molecule has 1 fully saturated rings. The second-order valence-corrected chi connectivity index (χ2v) is 7.82. The summed E-state index contributed by atoms with van der Waals surface area (Å²) in [6.07, 6.45) is 0. The van der Waals surface area contributed by atoms with Crippen molar-refractivity contribution in [1.82, 2.24) is 9.80 Å². The lowest BCUT2D eigenvalue weighted by molar-refractivity contribution is -0.117. The topological polar surface area (TPSA) is 55.9 Å². The number of nitrogens with zero attached hydrogens (tertiary/aromatic N) is 3. The lowest BCUT2D eigenvalue weighted by Crippen LogP contribution is -2.50. The van der Waals surface area contributed by atoms with Crippen LogP contribution in [0.5, 0.6) is 0 Å². The first-order valence-corrected chi connectivity index (χ1v) is 10.00. The number of nitrogens with one attached hydrogen (secondary N) is 1. The molecule has 3 rings (SSSR count). The number of para-hydroxylation sites is 1. The van der Waals surface area contributed by atoms with Gasteiger partial charge in [-0.15, -0.1) is 0 Å². The molecule has 29 heavy (non-hydrogen) atoms. The number of aryl methyl sites for hydroxylation is 2. The number of carbonyl (C=O) groups excluding carboxylic acids is 2. The minimum absolute atomic E-state index is 0.0125. The van der Waals surface area contributed by atoms with E-state index in [4.69, 9.17) is 0 Å². The zero-order valence-corrected chi connectivity index (χ0v) is 17.7. The zero-order valence-electron chi connectivity index (χ0n) is 17.7. The Kier molecular flexibility index (Phi) is 6.54. The van der Waals surface area contributed by atoms with Crippen LogP contribution in [-0.2, 0) is 4.79 Å². The molecule has 0 spiro atoms. The monoisotopic (exact) mass is 394 g/mol. The number of benzene rings is 2. The number of hydrogen-bond acceptors (Lipinski definition) is 4. The lowest BCUT2D eigenvalue weighted by atomic mass is 10.1. The molecule has 2 aromatic rings. The van der Waals surface area contributed by atoms with Crippen LogP contribution in [0.15, 0.2) is 42.5 Å². The SMILES string of the molecule is Cc1cccc(C)c1NC(=O)CN1CCN(C(=O)c2ccc(N(C)C)cc2)CC1. The van der Waals surface area contributed by atoms with Gasteiger partial charge in [0.1, 0.15) is 0 Å². The molecule has 0 aliphatic carbocycles. The Hall–Kier alpha value is -2.86. The highest BCUT2D eigenvalue weighted by atomic mass is 16.2. The second kappa shape index (κ2) is 9.09. The Balaban J connectivity index is 1.51. The van der Waals surface area contributed by atoms with Gasteiger partial charge in [-0.2, -0.15) is 0 Å². The Morgan fingerprint density at radius 1 is 0.931 bits per heavy atom. The second-order valence-electron chi connectivity index (χ2n) is 7.82. The van der Waals surface area contributed by atoms with Gasteiger partial charge in [0.2, 0.25) is 5.91 Å². The molecule has 0 atom stereocenters. The highest BCUT2D eigenvalue weighted by molar-refractivity contribution is 5.95. The average molecular weight is 395 g/mol. The smallest absolute Gasteiger partial charge is 0.253 e. The molecule has 0 bridgehead atoms. The zero-order chi connectivity index (χ0) is 21.0. The predicted molar refractivity (Wildman–Crippen MR) is 118 cm³/mol. The van der Waals surface area contributed by atoms with Crippen LogP contribution in [0.25, 0.3) is 0 Å². The lowest BCUT2D eigenvalue weighted by Gasteiger charge is -2.34. The van der Waals surface area contributed by atoms with Crippen LogP contribution in [0.3, 0.4) is 0 Å². The summed E-state index contributed by atoms with van der Waals surface area (Å²) < 4.78 is 0. The average Bonchev–Trinajstić information content (AvgIpc) is 2.71. The van der Waals surface area contributed by atoms with Gasteiger partial charge in [0, 0.05) is 57.2 Å². The number of amides is 2. The maximum Gasteiger partial charge on any atom is 0.253 e. The van der Waals surface area contributed by atoms with E-state index in [1.807, 2.05) is 80.2 Å². The molecule has 6 heteroatoms. The summed E-state index contributed by atoms with van der Waals surface area (Å²) in [5, 5.41) is 3.03. The minimum atomic E-state index is -0.0125. The van der Waals surface area contributed by atoms with E-state index in [1.54, 1.807) is 0 Å². The third kappa shape index (κ3) is 5.15. The number of piperazine rings is 1. The molecule has 2 aromatic carbocycles. The standard InChI is InChI=1S/C23H30N4O2/c1-17-6-5-7-18(2)22(17)24-21(28)16-26-12-14-27(15-13-26)23(29)19-8-10-20(11-9-19)25(3)4/h5-11H,12-16H2,1-4H3,(H,24,28). The summed E-state index contributed by atoms with van der Waals surface area (Å²) in [6, 6.07) is 13.7. The van der Waals surface area contributed by atoms with Gasteiger partial charge in [-0.1, -0.05) is 18.2 Å². The number of carbonyl (C=O) groups is 2. The van der Waals surface area contributed by atoms with E-state index in [2.05, 4.69) is 10.2 Å². The van der Waals surface area contributed by atoms with E-state index in [-0.39, 0.29) is 11.8 Å². The summed E-state index contributed by atoms with van der Waals surface area (Å²) in [5.74, 6) is 0.0383. The van der Waals surface area contributed by atoms with Crippen molar-refractivity contribution in [1.29, 1.82) is 0 Å². The van der Waals surface area contributed by atoms with E-state index in [0.29, 0.717) is 38.3 Å². The number of rotatable bonds is 5. The van der Waals surface area contributed by atoms with Crippen LogP contribution < -0.4 is 10.2 Å². The molecular weight excluding hydrogens is 364 g/mol. The summed E-state index contributed by atoms with van der Waals surface area (Å²) in [4.78, 5) is 31.2. The Morgan fingerprint density at radius 3 is 2.07 bits per heavy atom. The van der Waals surface area contributed by atoms with E-state index >= 15 is 0 Å². The number of hydrogen-bond donors (Lipinski definition) is 1. The number of anilines is 2. The normalized spacial score (nSPS) is 14.6. The fourth-order valence-electron chi connectivity index (χ4n) is 3.59. The molecule has 1 saturated heterocycles. The van der Waals surface area contributed by atoms with Crippen molar-refractivity contribution in [3.63, 3.8) is 0 Å². The fourth-order valence-corrected chi connectivity index (χ4v) is 3.59. The molecule has 1 aliphatic heterocycles. The molecule has 0 unspecified atom stereocenters. The van der Waals surface area contributed by atoms with Crippen LogP contribution in [0.1, 0.15) is 21.5 Å². The van der Waals surface area contributed by atoms with Crippen molar-refractivity contribution in [2.45, 2.75) is 13.8 Å². The maximum absolute atomic E-state index is 12.7. The molecule has 0 aromatic heterocycles. The first-order chi connectivity index (χ1) is 13.8. The highest BCUT2D eigenvalue weighted by Gasteiger charge is 2.23. The molecule has 0 radical (unpaired) electrons. The molecule has 154 valence electrons. The molecule has 1 N–H and O–H groups in total. The van der Waals surface area contributed by atoms with Crippen molar-refractivity contribution >= 4 is 23.2 Å². The Bertz CT molecular complexity index is 849. The molecule has 0 saturated carbocycles. The van der Waals surface area contributed by atoms with Crippen LogP contribution >= 0.6 is 0 Å². The van der Waals surface area contributed by atoms with Crippen molar-refractivity contribution < 1.29 is 9.59 Å². The summed E-state index contributed by atoms with van der Waals surface area (Å²) >= 11 is 0. The largest absolute Gasteiger partial charge is 0.378 e. The summed E-state index contributed by atoms with van der Waals surface area (Å²) in [6.45, 7) is 6.99. The van der Waals surface area contributed by atoms with Gasteiger partial charge < -0.3 is 15.1 Å². The third-order valence-corrected chi connectivity index (χ3v) is 5.40. The van der Waals surface area contributed by atoms with Crippen LogP contribution in [0, 0.1) is 13.8 Å². The first kappa shape index (κ1) is 20.9. The van der Waals surface area contributed by atoms with Crippen LogP contribution in [-0.4, -0.2) is 68.4 Å². The molecule has 1 aliphatic rings. The van der Waals surface area contributed by atoms with Crippen molar-refractivity contribution in [2.75, 3.05) is 57.0 Å². The predicted octanol–water partition coefficient (Wildman–Crippen LogP) is 2.77. The highest BCUT2D eigenvalue weighted by Crippen LogP contribution is 2.19. The van der Waals surface area contributed by atoms with E-state index in [9.17, 15) is 9.59 Å².